The monoisotopic (exact) mass is 203 g/mol. The van der Waals surface area contributed by atoms with Crippen LogP contribution in [0.5, 0.6) is 5.75 Å². The van der Waals surface area contributed by atoms with Gasteiger partial charge in [0.1, 0.15) is 5.75 Å². The largest absolute Gasteiger partial charge is 0.496 e. The van der Waals surface area contributed by atoms with Gasteiger partial charge in [-0.1, -0.05) is 24.3 Å². The molecular formula is C13H17NO. The molecule has 0 heterocycles. The molecule has 0 aromatic heterocycles. The number of methoxy groups -OCH3 is 1. The first kappa shape index (κ1) is 10.2. The van der Waals surface area contributed by atoms with Crippen LogP contribution in [0.25, 0.3) is 0 Å². The topological polar surface area (TPSA) is 35.2 Å². The number of benzene rings is 1. The van der Waals surface area contributed by atoms with Crippen LogP contribution in [0, 0.1) is 6.92 Å². The molecule has 0 unspecified atom stereocenters. The maximum Gasteiger partial charge on any atom is 0.122 e. The third-order valence-corrected chi connectivity index (χ3v) is 3.11. The van der Waals surface area contributed by atoms with Gasteiger partial charge in [-0.25, -0.2) is 0 Å². The zero-order chi connectivity index (χ0) is 10.9. The van der Waals surface area contributed by atoms with Gasteiger partial charge < -0.3 is 10.5 Å². The van der Waals surface area contributed by atoms with Crippen molar-refractivity contribution >= 4 is 0 Å². The summed E-state index contributed by atoms with van der Waals surface area (Å²) in [4.78, 5) is 0. The minimum absolute atomic E-state index is 0.221. The van der Waals surface area contributed by atoms with Gasteiger partial charge in [0, 0.05) is 5.54 Å². The average molecular weight is 203 g/mol. The molecule has 1 aliphatic carbocycles. The number of nitrogens with two attached hydrogens (primary N) is 1. The molecule has 0 saturated heterocycles. The number of hydrogen-bond acceptors (Lipinski definition) is 2. The molecule has 2 N–H and O–H groups in total. The van der Waals surface area contributed by atoms with E-state index in [1.54, 1.807) is 7.11 Å². The smallest absolute Gasteiger partial charge is 0.122 e. The van der Waals surface area contributed by atoms with Crippen molar-refractivity contribution in [1.29, 1.82) is 0 Å². The summed E-state index contributed by atoms with van der Waals surface area (Å²) in [7, 11) is 1.70. The van der Waals surface area contributed by atoms with E-state index >= 15 is 0 Å². The minimum Gasteiger partial charge on any atom is -0.496 e. The van der Waals surface area contributed by atoms with Crippen molar-refractivity contribution in [1.82, 2.24) is 0 Å². The highest BCUT2D eigenvalue weighted by Gasteiger charge is 2.28. The molecule has 80 valence electrons. The van der Waals surface area contributed by atoms with Gasteiger partial charge in [-0.15, -0.1) is 0 Å². The van der Waals surface area contributed by atoms with E-state index in [-0.39, 0.29) is 5.54 Å². The highest BCUT2D eigenvalue weighted by molar-refractivity contribution is 5.40. The van der Waals surface area contributed by atoms with Gasteiger partial charge in [-0.3, -0.25) is 0 Å². The molecule has 0 aliphatic heterocycles. The molecule has 0 amide bonds. The molecular weight excluding hydrogens is 186 g/mol. The first-order valence-corrected chi connectivity index (χ1v) is 5.25. The number of hydrogen-bond donors (Lipinski definition) is 1. The summed E-state index contributed by atoms with van der Waals surface area (Å²) in [5.41, 5.74) is 8.43. The number of rotatable bonds is 2. The molecule has 1 aliphatic rings. The normalized spacial score (nSPS) is 18.1. The van der Waals surface area contributed by atoms with Crippen LogP contribution in [-0.2, 0) is 5.54 Å². The Labute approximate surface area is 90.7 Å². The summed E-state index contributed by atoms with van der Waals surface area (Å²) in [6, 6.07) is 6.23. The van der Waals surface area contributed by atoms with Crippen LogP contribution >= 0.6 is 0 Å². The first-order valence-electron chi connectivity index (χ1n) is 5.25. The van der Waals surface area contributed by atoms with Crippen LogP contribution in [0.1, 0.15) is 24.0 Å². The zero-order valence-electron chi connectivity index (χ0n) is 9.29. The molecule has 0 spiro atoms. The molecule has 1 aromatic rings. The van der Waals surface area contributed by atoms with Gasteiger partial charge in [0.15, 0.2) is 0 Å². The second-order valence-corrected chi connectivity index (χ2v) is 4.22. The van der Waals surface area contributed by atoms with Crippen molar-refractivity contribution in [3.05, 3.63) is 41.5 Å². The summed E-state index contributed by atoms with van der Waals surface area (Å²) in [6.07, 6.45) is 6.12. The van der Waals surface area contributed by atoms with E-state index in [4.69, 9.17) is 10.5 Å². The van der Waals surface area contributed by atoms with E-state index in [1.807, 2.05) is 6.92 Å². The molecule has 1 aromatic carbocycles. The second kappa shape index (κ2) is 3.70. The highest BCUT2D eigenvalue weighted by atomic mass is 16.5. The fourth-order valence-electron chi connectivity index (χ4n) is 2.04. The van der Waals surface area contributed by atoms with Crippen LogP contribution in [0.3, 0.4) is 0 Å². The Hall–Kier alpha value is -1.28. The van der Waals surface area contributed by atoms with E-state index in [2.05, 4.69) is 30.4 Å². The maximum absolute atomic E-state index is 6.34. The lowest BCUT2D eigenvalue weighted by atomic mass is 9.88. The van der Waals surface area contributed by atoms with Crippen molar-refractivity contribution in [2.24, 2.45) is 5.73 Å². The predicted molar refractivity (Wildman–Crippen MR) is 62.0 cm³/mol. The Morgan fingerprint density at radius 1 is 1.27 bits per heavy atom. The van der Waals surface area contributed by atoms with E-state index in [9.17, 15) is 0 Å². The Bertz CT molecular complexity index is 388. The predicted octanol–water partition coefficient (Wildman–Crippen LogP) is 2.51. The van der Waals surface area contributed by atoms with Crippen LogP contribution in [0.4, 0.5) is 0 Å². The van der Waals surface area contributed by atoms with Gasteiger partial charge >= 0.3 is 0 Å². The second-order valence-electron chi connectivity index (χ2n) is 4.22. The maximum atomic E-state index is 6.34. The average Bonchev–Trinajstić information content (AvgIpc) is 2.67. The molecule has 0 saturated carbocycles. The Morgan fingerprint density at radius 2 is 1.93 bits per heavy atom. The third-order valence-electron chi connectivity index (χ3n) is 3.11. The lowest BCUT2D eigenvalue weighted by Crippen LogP contribution is -2.33. The fraction of sp³-hybridized carbons (Fsp3) is 0.385. The van der Waals surface area contributed by atoms with Crippen molar-refractivity contribution < 1.29 is 4.74 Å². The third kappa shape index (κ3) is 1.77. The highest BCUT2D eigenvalue weighted by Crippen LogP contribution is 2.34. The molecule has 0 fully saturated rings. The summed E-state index contributed by atoms with van der Waals surface area (Å²) in [5.74, 6) is 0.921. The van der Waals surface area contributed by atoms with Crippen LogP contribution in [-0.4, -0.2) is 7.11 Å². The zero-order valence-corrected chi connectivity index (χ0v) is 9.29. The van der Waals surface area contributed by atoms with Crippen molar-refractivity contribution in [3.63, 3.8) is 0 Å². The van der Waals surface area contributed by atoms with Gasteiger partial charge in [-0.2, -0.15) is 0 Å². The standard InChI is InChI=1S/C13H17NO/c1-10-5-6-11(9-12(10)15-2)13(14)7-3-4-8-13/h3-6,9H,7-8,14H2,1-2H3. The van der Waals surface area contributed by atoms with E-state index < -0.39 is 0 Å². The van der Waals surface area contributed by atoms with Crippen molar-refractivity contribution in [2.75, 3.05) is 7.11 Å². The van der Waals surface area contributed by atoms with Gasteiger partial charge in [0.2, 0.25) is 0 Å². The number of aryl methyl sites for hydroxylation is 1. The van der Waals surface area contributed by atoms with Gasteiger partial charge in [-0.05, 0) is 37.0 Å². The molecule has 2 heteroatoms. The van der Waals surface area contributed by atoms with Gasteiger partial charge in [0.05, 0.1) is 7.11 Å². The lowest BCUT2D eigenvalue weighted by Gasteiger charge is -2.25. The molecule has 15 heavy (non-hydrogen) atoms. The Morgan fingerprint density at radius 3 is 2.53 bits per heavy atom. The first-order chi connectivity index (χ1) is 7.15. The van der Waals surface area contributed by atoms with Crippen molar-refractivity contribution in [3.8, 4) is 5.75 Å². The van der Waals surface area contributed by atoms with Crippen LogP contribution < -0.4 is 10.5 Å². The molecule has 0 radical (unpaired) electrons. The van der Waals surface area contributed by atoms with Crippen LogP contribution in [0.2, 0.25) is 0 Å². The minimum atomic E-state index is -0.221. The lowest BCUT2D eigenvalue weighted by molar-refractivity contribution is 0.407. The fourth-order valence-corrected chi connectivity index (χ4v) is 2.04. The Kier molecular flexibility index (Phi) is 2.53. The molecule has 2 nitrogen and oxygen atoms in total. The molecule has 2 rings (SSSR count). The summed E-state index contributed by atoms with van der Waals surface area (Å²) in [6.45, 7) is 2.04. The molecule has 0 atom stereocenters. The number of ether oxygens (including phenoxy) is 1. The SMILES string of the molecule is COc1cc(C2(N)CC=CC2)ccc1C. The van der Waals surface area contributed by atoms with Gasteiger partial charge in [0.25, 0.3) is 0 Å². The summed E-state index contributed by atoms with van der Waals surface area (Å²) < 4.78 is 5.31. The van der Waals surface area contributed by atoms with Crippen molar-refractivity contribution in [2.45, 2.75) is 25.3 Å². The van der Waals surface area contributed by atoms with E-state index in [1.165, 1.54) is 0 Å². The van der Waals surface area contributed by atoms with E-state index in [0.717, 1.165) is 29.7 Å². The summed E-state index contributed by atoms with van der Waals surface area (Å²) in [5, 5.41) is 0. The quantitative estimate of drug-likeness (QED) is 0.749. The molecule has 0 bridgehead atoms. The van der Waals surface area contributed by atoms with Crippen LogP contribution in [0.15, 0.2) is 30.4 Å². The van der Waals surface area contributed by atoms with E-state index in [0.29, 0.717) is 0 Å². The summed E-state index contributed by atoms with van der Waals surface area (Å²) >= 11 is 0. The Balaban J connectivity index is 2.37.